The van der Waals surface area contributed by atoms with Crippen molar-refractivity contribution in [2.75, 3.05) is 18.5 Å². The molecule has 3 heterocycles. The Balaban J connectivity index is 1.39. The summed E-state index contributed by atoms with van der Waals surface area (Å²) in [6, 6.07) is 5.71. The number of aliphatic hydroxyl groups is 3. The minimum absolute atomic E-state index is 0.0444. The van der Waals surface area contributed by atoms with E-state index in [0.29, 0.717) is 33.6 Å². The van der Waals surface area contributed by atoms with E-state index in [9.17, 15) is 15.3 Å². The van der Waals surface area contributed by atoms with Gasteiger partial charge in [0.25, 0.3) is 0 Å². The molecule has 1 saturated carbocycles. The average Bonchev–Trinajstić information content (AvgIpc) is 3.36. The molecule has 9 nitrogen and oxygen atoms in total. The lowest BCUT2D eigenvalue weighted by molar-refractivity contribution is -0.0511. The summed E-state index contributed by atoms with van der Waals surface area (Å²) in [5, 5.41) is 34.1. The number of rotatable bonds is 6. The minimum atomic E-state index is -1.22. The van der Waals surface area contributed by atoms with Crippen LogP contribution in [0.5, 0.6) is 0 Å². The summed E-state index contributed by atoms with van der Waals surface area (Å²) < 4.78 is 7.14. The van der Waals surface area contributed by atoms with Gasteiger partial charge in [-0.1, -0.05) is 29.3 Å². The smallest absolute Gasteiger partial charge is 0.167 e. The number of hydrogen-bond acceptors (Lipinski definition) is 8. The Labute approximate surface area is 187 Å². The van der Waals surface area contributed by atoms with E-state index < -0.39 is 31.1 Å². The van der Waals surface area contributed by atoms with Gasteiger partial charge in [-0.05, 0) is 30.5 Å². The van der Waals surface area contributed by atoms with Crippen LogP contribution in [-0.4, -0.2) is 66.3 Å². The second-order valence-corrected chi connectivity index (χ2v) is 8.85. The molecule has 1 aliphatic heterocycles. The van der Waals surface area contributed by atoms with Gasteiger partial charge < -0.3 is 25.4 Å². The lowest BCUT2D eigenvalue weighted by atomic mass is 9.96. The Morgan fingerprint density at radius 2 is 1.94 bits per heavy atom. The second-order valence-electron chi connectivity index (χ2n) is 8.04. The van der Waals surface area contributed by atoms with Gasteiger partial charge in [-0.3, -0.25) is 4.57 Å². The van der Waals surface area contributed by atoms with Gasteiger partial charge in [0.05, 0.1) is 23.0 Å². The summed E-state index contributed by atoms with van der Waals surface area (Å²) >= 11 is 12.2. The first-order valence-corrected chi connectivity index (χ1v) is 10.7. The standard InChI is InChI=1S/C20H21Cl2N5O4/c21-11-2-1-10(5-12(11)22)20(3-4-20)7-23-17-14-18(25-8-24-17)27(9-26-14)19-16(30)15(29)13(6-28)31-19/h1-2,5,8-9,13,15-16,19,28-30H,3-4,6-7H2,(H,23,24,25)/t13-,15?,16?,19-/m1/s1. The summed E-state index contributed by atoms with van der Waals surface area (Å²) in [6.45, 7) is 0.234. The molecule has 31 heavy (non-hydrogen) atoms. The number of ether oxygens (including phenoxy) is 1. The van der Waals surface area contributed by atoms with Crippen molar-refractivity contribution < 1.29 is 20.1 Å². The highest BCUT2D eigenvalue weighted by Crippen LogP contribution is 2.49. The fourth-order valence-corrected chi connectivity index (χ4v) is 4.37. The highest BCUT2D eigenvalue weighted by molar-refractivity contribution is 6.42. The maximum atomic E-state index is 10.3. The third-order valence-corrected chi connectivity index (χ3v) is 6.87. The topological polar surface area (TPSA) is 126 Å². The van der Waals surface area contributed by atoms with Gasteiger partial charge in [-0.2, -0.15) is 0 Å². The monoisotopic (exact) mass is 465 g/mol. The molecule has 0 radical (unpaired) electrons. The molecule has 164 valence electrons. The van der Waals surface area contributed by atoms with Crippen molar-refractivity contribution in [3.8, 4) is 0 Å². The molecular formula is C20H21Cl2N5O4. The van der Waals surface area contributed by atoms with E-state index in [2.05, 4.69) is 20.3 Å². The molecule has 4 N–H and O–H groups in total. The van der Waals surface area contributed by atoms with Gasteiger partial charge in [-0.25, -0.2) is 15.0 Å². The summed E-state index contributed by atoms with van der Waals surface area (Å²) in [5.41, 5.74) is 2.05. The van der Waals surface area contributed by atoms with Crippen LogP contribution in [0, 0.1) is 0 Å². The Hall–Kier alpha value is -2.01. The van der Waals surface area contributed by atoms with Gasteiger partial charge >= 0.3 is 0 Å². The molecule has 3 aromatic rings. The number of aliphatic hydroxyl groups excluding tert-OH is 3. The van der Waals surface area contributed by atoms with E-state index in [4.69, 9.17) is 27.9 Å². The molecule has 2 aromatic heterocycles. The number of hydrogen-bond donors (Lipinski definition) is 4. The third-order valence-electron chi connectivity index (χ3n) is 6.13. The van der Waals surface area contributed by atoms with Crippen molar-refractivity contribution in [3.05, 3.63) is 46.5 Å². The number of benzene rings is 1. The normalized spacial score (nSPS) is 27.0. The zero-order chi connectivity index (χ0) is 21.8. The van der Waals surface area contributed by atoms with Crippen molar-refractivity contribution in [3.63, 3.8) is 0 Å². The Morgan fingerprint density at radius 1 is 1.13 bits per heavy atom. The number of nitrogens with zero attached hydrogens (tertiary/aromatic N) is 4. The van der Waals surface area contributed by atoms with Crippen molar-refractivity contribution in [2.24, 2.45) is 0 Å². The van der Waals surface area contributed by atoms with Crippen LogP contribution in [0.15, 0.2) is 30.9 Å². The fraction of sp³-hybridized carbons (Fsp3) is 0.450. The second kappa shape index (κ2) is 7.84. The van der Waals surface area contributed by atoms with E-state index in [1.54, 1.807) is 0 Å². The maximum Gasteiger partial charge on any atom is 0.167 e. The number of halogens is 2. The average molecular weight is 466 g/mol. The number of aromatic nitrogens is 4. The van der Waals surface area contributed by atoms with Crippen LogP contribution < -0.4 is 5.32 Å². The number of nitrogens with one attached hydrogen (secondary N) is 1. The van der Waals surface area contributed by atoms with E-state index in [1.165, 1.54) is 17.2 Å². The van der Waals surface area contributed by atoms with Crippen molar-refractivity contribution in [1.82, 2.24) is 19.5 Å². The zero-order valence-corrected chi connectivity index (χ0v) is 17.8. The van der Waals surface area contributed by atoms with Crippen LogP contribution in [-0.2, 0) is 10.2 Å². The number of fused-ring (bicyclic) bond motifs is 1. The first-order chi connectivity index (χ1) is 14.9. The Bertz CT molecular complexity index is 1120. The van der Waals surface area contributed by atoms with E-state index in [-0.39, 0.29) is 5.41 Å². The highest BCUT2D eigenvalue weighted by Gasteiger charge is 2.45. The highest BCUT2D eigenvalue weighted by atomic mass is 35.5. The molecule has 2 aliphatic rings. The lowest BCUT2D eigenvalue weighted by Gasteiger charge is -2.18. The first-order valence-electron chi connectivity index (χ1n) is 9.93. The van der Waals surface area contributed by atoms with Crippen LogP contribution in [0.3, 0.4) is 0 Å². The molecule has 2 fully saturated rings. The van der Waals surface area contributed by atoms with Crippen LogP contribution in [0.25, 0.3) is 11.2 Å². The molecule has 5 rings (SSSR count). The van der Waals surface area contributed by atoms with Crippen LogP contribution in [0.1, 0.15) is 24.6 Å². The van der Waals surface area contributed by atoms with E-state index in [1.807, 2.05) is 18.2 Å². The molecular weight excluding hydrogens is 445 g/mol. The third kappa shape index (κ3) is 3.55. The summed E-state index contributed by atoms with van der Waals surface area (Å²) in [6.07, 6.45) is 0.716. The molecule has 0 amide bonds. The predicted molar refractivity (Wildman–Crippen MR) is 114 cm³/mol. The van der Waals surface area contributed by atoms with Crippen LogP contribution in [0.2, 0.25) is 10.0 Å². The van der Waals surface area contributed by atoms with Gasteiger partial charge in [0.15, 0.2) is 23.2 Å². The van der Waals surface area contributed by atoms with Crippen molar-refractivity contribution in [2.45, 2.75) is 42.8 Å². The summed E-state index contributed by atoms with van der Waals surface area (Å²) in [7, 11) is 0. The van der Waals surface area contributed by atoms with Gasteiger partial charge in [0, 0.05) is 12.0 Å². The largest absolute Gasteiger partial charge is 0.394 e. The van der Waals surface area contributed by atoms with E-state index in [0.717, 1.165) is 18.4 Å². The quantitative estimate of drug-likeness (QED) is 0.434. The lowest BCUT2D eigenvalue weighted by Crippen LogP contribution is -2.33. The number of anilines is 1. The Kier molecular flexibility index (Phi) is 5.28. The van der Waals surface area contributed by atoms with E-state index >= 15 is 0 Å². The minimum Gasteiger partial charge on any atom is -0.394 e. The predicted octanol–water partition coefficient (Wildman–Crippen LogP) is 1.89. The van der Waals surface area contributed by atoms with Gasteiger partial charge in [0.2, 0.25) is 0 Å². The summed E-state index contributed by atoms with van der Waals surface area (Å²) in [4.78, 5) is 13.0. The molecule has 1 saturated heterocycles. The molecule has 4 atom stereocenters. The number of imidazole rings is 1. The van der Waals surface area contributed by atoms with Gasteiger partial charge in [0.1, 0.15) is 24.6 Å². The Morgan fingerprint density at radius 3 is 2.61 bits per heavy atom. The zero-order valence-electron chi connectivity index (χ0n) is 16.3. The van der Waals surface area contributed by atoms with Crippen molar-refractivity contribution >= 4 is 40.2 Å². The molecule has 0 bridgehead atoms. The molecule has 1 aliphatic carbocycles. The molecule has 1 aromatic carbocycles. The first kappa shape index (κ1) is 20.9. The van der Waals surface area contributed by atoms with Crippen LogP contribution in [0.4, 0.5) is 5.82 Å². The SMILES string of the molecule is OC[C@H]1O[C@@H](n2cnc3c(NCC4(c5ccc(Cl)c(Cl)c5)CC4)ncnc32)C(O)C1O. The molecule has 11 heteroatoms. The fourth-order valence-electron chi connectivity index (χ4n) is 4.07. The van der Waals surface area contributed by atoms with Gasteiger partial charge in [-0.15, -0.1) is 0 Å². The van der Waals surface area contributed by atoms with Crippen molar-refractivity contribution in [1.29, 1.82) is 0 Å². The maximum absolute atomic E-state index is 10.3. The molecule has 0 spiro atoms. The van der Waals surface area contributed by atoms with Crippen LogP contribution >= 0.6 is 23.2 Å². The summed E-state index contributed by atoms with van der Waals surface area (Å²) in [5.74, 6) is 0.557. The molecule has 2 unspecified atom stereocenters.